The molecule has 0 atom stereocenters. The first kappa shape index (κ1) is 30.1. The lowest BCUT2D eigenvalue weighted by Gasteiger charge is -2.16. The van der Waals surface area contributed by atoms with E-state index in [4.69, 9.17) is 40.7 Å². The van der Waals surface area contributed by atoms with E-state index in [1.54, 1.807) is 24.3 Å². The smallest absolute Gasteiger partial charge is 0.224 e. The van der Waals surface area contributed by atoms with Crippen LogP contribution >= 0.6 is 12.4 Å². The summed E-state index contributed by atoms with van der Waals surface area (Å²) in [6.45, 7) is 0.519. The van der Waals surface area contributed by atoms with Gasteiger partial charge in [0.05, 0.1) is 45.4 Å². The molecule has 2 aromatic carbocycles. The average Bonchev–Trinajstić information content (AvgIpc) is 3.37. The molecular formula is C25H33ClN6O6. The zero-order chi connectivity index (χ0) is 26.9. The third kappa shape index (κ3) is 6.78. The minimum Gasteiger partial charge on any atom is -0.494 e. The molecule has 0 fully saturated rings. The number of ether oxygens (including phenoxy) is 4. The minimum absolute atomic E-state index is 0. The molecule has 38 heavy (non-hydrogen) atoms. The number of carbonyl (C=O) groups is 1. The Labute approximate surface area is 226 Å². The number of nitrogens with two attached hydrogens (primary N) is 3. The number of guanidine groups is 1. The molecule has 1 heterocycles. The van der Waals surface area contributed by atoms with Crippen molar-refractivity contribution < 1.29 is 28.3 Å². The number of aromatic nitrogens is 1. The number of halogens is 1. The lowest BCUT2D eigenvalue weighted by molar-refractivity contribution is -0.116. The SMILES string of the molecule is COc1cc(N=C(N)N)c(-c2conc2-c2cc(OC)c(OC)c(OC)c2)cc1NC(=O)CCCCN.Cl. The van der Waals surface area contributed by atoms with E-state index in [1.807, 2.05) is 0 Å². The van der Waals surface area contributed by atoms with Crippen LogP contribution in [-0.4, -0.2) is 52.0 Å². The Hall–Kier alpha value is -4.16. The first-order valence-electron chi connectivity index (χ1n) is 11.4. The standard InChI is InChI=1S/C25H32N6O6.ClH/c1-33-19-12-17(30-25(27)28)15(11-18(19)29-22(32)7-5-6-8-26)16-13-37-31-23(16)14-9-20(34-2)24(36-4)21(10-14)35-3;/h9-13H,5-8,26H2,1-4H3,(H,29,32)(H4,27,28,30);1H. The van der Waals surface area contributed by atoms with E-state index < -0.39 is 0 Å². The number of amides is 1. The molecule has 0 saturated heterocycles. The van der Waals surface area contributed by atoms with Crippen molar-refractivity contribution in [1.29, 1.82) is 0 Å². The summed E-state index contributed by atoms with van der Waals surface area (Å²) >= 11 is 0. The van der Waals surface area contributed by atoms with Crippen molar-refractivity contribution in [3.05, 3.63) is 30.5 Å². The number of unbranched alkanes of at least 4 members (excludes halogenated alkanes) is 1. The van der Waals surface area contributed by atoms with Crippen LogP contribution in [0.2, 0.25) is 0 Å². The van der Waals surface area contributed by atoms with Gasteiger partial charge in [0.1, 0.15) is 17.7 Å². The number of methoxy groups -OCH3 is 4. The van der Waals surface area contributed by atoms with Gasteiger partial charge in [-0.05, 0) is 37.6 Å². The van der Waals surface area contributed by atoms with Crippen molar-refractivity contribution in [2.45, 2.75) is 19.3 Å². The molecule has 0 saturated carbocycles. The van der Waals surface area contributed by atoms with Gasteiger partial charge < -0.3 is 46.0 Å². The van der Waals surface area contributed by atoms with E-state index in [-0.39, 0.29) is 24.3 Å². The third-order valence-electron chi connectivity index (χ3n) is 5.50. The Morgan fingerprint density at radius 3 is 2.16 bits per heavy atom. The summed E-state index contributed by atoms with van der Waals surface area (Å²) in [5.74, 6) is 1.35. The monoisotopic (exact) mass is 548 g/mol. The van der Waals surface area contributed by atoms with Crippen molar-refractivity contribution in [2.75, 3.05) is 40.3 Å². The molecule has 0 unspecified atom stereocenters. The van der Waals surface area contributed by atoms with E-state index in [9.17, 15) is 4.79 Å². The Morgan fingerprint density at radius 1 is 0.947 bits per heavy atom. The van der Waals surface area contributed by atoms with Crippen molar-refractivity contribution >= 4 is 35.6 Å². The van der Waals surface area contributed by atoms with Crippen LogP contribution in [0, 0.1) is 0 Å². The van der Waals surface area contributed by atoms with E-state index in [1.165, 1.54) is 34.7 Å². The summed E-state index contributed by atoms with van der Waals surface area (Å²) in [6.07, 6.45) is 3.19. The highest BCUT2D eigenvalue weighted by molar-refractivity contribution is 5.97. The summed E-state index contributed by atoms with van der Waals surface area (Å²) in [4.78, 5) is 16.8. The molecule has 0 aliphatic heterocycles. The normalized spacial score (nSPS) is 10.2. The van der Waals surface area contributed by atoms with Gasteiger partial charge in [-0.25, -0.2) is 4.99 Å². The van der Waals surface area contributed by atoms with Crippen molar-refractivity contribution in [3.63, 3.8) is 0 Å². The van der Waals surface area contributed by atoms with Crippen LogP contribution in [0.1, 0.15) is 19.3 Å². The van der Waals surface area contributed by atoms with Gasteiger partial charge in [-0.3, -0.25) is 4.79 Å². The van der Waals surface area contributed by atoms with Gasteiger partial charge in [0.25, 0.3) is 0 Å². The number of hydrogen-bond acceptors (Lipinski definition) is 9. The second-order valence-electron chi connectivity index (χ2n) is 7.89. The predicted octanol–water partition coefficient (Wildman–Crippen LogP) is 3.44. The van der Waals surface area contributed by atoms with Crippen LogP contribution in [-0.2, 0) is 4.79 Å². The lowest BCUT2D eigenvalue weighted by atomic mass is 9.98. The Bertz CT molecular complexity index is 1250. The first-order valence-corrected chi connectivity index (χ1v) is 11.4. The molecule has 0 radical (unpaired) electrons. The van der Waals surface area contributed by atoms with Gasteiger partial charge in [-0.1, -0.05) is 5.16 Å². The number of hydrogen-bond donors (Lipinski definition) is 4. The van der Waals surface area contributed by atoms with Gasteiger partial charge in [-0.2, -0.15) is 0 Å². The molecule has 13 heteroatoms. The Morgan fingerprint density at radius 2 is 1.61 bits per heavy atom. The molecule has 12 nitrogen and oxygen atoms in total. The number of aliphatic imine (C=N–C) groups is 1. The molecule has 0 spiro atoms. The second kappa shape index (κ2) is 14.0. The minimum atomic E-state index is -0.178. The van der Waals surface area contributed by atoms with Crippen molar-refractivity contribution in [3.8, 4) is 45.4 Å². The summed E-state index contributed by atoms with van der Waals surface area (Å²) in [7, 11) is 6.05. The number of nitrogens with zero attached hydrogens (tertiary/aromatic N) is 2. The zero-order valence-electron chi connectivity index (χ0n) is 21.7. The first-order chi connectivity index (χ1) is 17.9. The summed E-state index contributed by atoms with van der Waals surface area (Å²) in [6, 6.07) is 6.81. The quantitative estimate of drug-likeness (QED) is 0.148. The van der Waals surface area contributed by atoms with Gasteiger partial charge >= 0.3 is 0 Å². The molecular weight excluding hydrogens is 516 g/mol. The predicted molar refractivity (Wildman–Crippen MR) is 148 cm³/mol. The molecule has 3 rings (SSSR count). The van der Waals surface area contributed by atoms with Crippen LogP contribution in [0.4, 0.5) is 11.4 Å². The maximum atomic E-state index is 12.6. The molecule has 0 bridgehead atoms. The van der Waals surface area contributed by atoms with Crippen LogP contribution in [0.5, 0.6) is 23.0 Å². The number of nitrogens with one attached hydrogen (secondary N) is 1. The van der Waals surface area contributed by atoms with Crippen LogP contribution in [0.15, 0.2) is 40.0 Å². The van der Waals surface area contributed by atoms with Crippen molar-refractivity contribution in [1.82, 2.24) is 5.16 Å². The van der Waals surface area contributed by atoms with Gasteiger partial charge in [0.2, 0.25) is 11.7 Å². The molecule has 3 aromatic rings. The molecule has 206 valence electrons. The fraction of sp³-hybridized carbons (Fsp3) is 0.320. The van der Waals surface area contributed by atoms with Crippen LogP contribution in [0.3, 0.4) is 0 Å². The highest BCUT2D eigenvalue weighted by Crippen LogP contribution is 2.46. The molecule has 0 aliphatic carbocycles. The summed E-state index contributed by atoms with van der Waals surface area (Å²) in [5.41, 5.74) is 19.9. The number of carbonyl (C=O) groups excluding carboxylic acids is 1. The zero-order valence-corrected chi connectivity index (χ0v) is 22.5. The van der Waals surface area contributed by atoms with Gasteiger partial charge in [-0.15, -0.1) is 12.4 Å². The lowest BCUT2D eigenvalue weighted by Crippen LogP contribution is -2.22. The Balaban J connectivity index is 0.00000507. The van der Waals surface area contributed by atoms with Gasteiger partial charge in [0, 0.05) is 23.6 Å². The summed E-state index contributed by atoms with van der Waals surface area (Å²) in [5, 5.41) is 7.09. The van der Waals surface area contributed by atoms with Gasteiger partial charge in [0.15, 0.2) is 17.5 Å². The topological polar surface area (TPSA) is 182 Å². The second-order valence-corrected chi connectivity index (χ2v) is 7.89. The average molecular weight is 549 g/mol. The number of rotatable bonds is 12. The number of benzene rings is 2. The Kier molecular flexibility index (Phi) is 11.0. The number of anilines is 1. The highest BCUT2D eigenvalue weighted by atomic mass is 35.5. The maximum absolute atomic E-state index is 12.6. The van der Waals surface area contributed by atoms with Crippen LogP contribution in [0.25, 0.3) is 22.4 Å². The van der Waals surface area contributed by atoms with E-state index in [0.717, 1.165) is 6.42 Å². The maximum Gasteiger partial charge on any atom is 0.224 e. The van der Waals surface area contributed by atoms with E-state index in [2.05, 4.69) is 15.5 Å². The van der Waals surface area contributed by atoms with E-state index in [0.29, 0.717) is 76.1 Å². The third-order valence-corrected chi connectivity index (χ3v) is 5.50. The molecule has 0 aliphatic rings. The molecule has 7 N–H and O–H groups in total. The molecule has 1 aromatic heterocycles. The summed E-state index contributed by atoms with van der Waals surface area (Å²) < 4.78 is 27.2. The fourth-order valence-corrected chi connectivity index (χ4v) is 3.78. The highest BCUT2D eigenvalue weighted by Gasteiger charge is 2.22. The largest absolute Gasteiger partial charge is 0.494 e. The van der Waals surface area contributed by atoms with Crippen molar-refractivity contribution in [2.24, 2.45) is 22.2 Å². The van der Waals surface area contributed by atoms with Crippen LogP contribution < -0.4 is 41.5 Å². The fourth-order valence-electron chi connectivity index (χ4n) is 3.78. The molecule has 1 amide bonds. The van der Waals surface area contributed by atoms with E-state index >= 15 is 0 Å².